The molecule has 5 nitrogen and oxygen atoms in total. The quantitative estimate of drug-likeness (QED) is 0.902. The number of ether oxygens (including phenoxy) is 1. The minimum absolute atomic E-state index is 0.0213. The predicted molar refractivity (Wildman–Crippen MR) is 84.8 cm³/mol. The highest BCUT2D eigenvalue weighted by Crippen LogP contribution is 2.20. The van der Waals surface area contributed by atoms with E-state index in [9.17, 15) is 9.59 Å². The van der Waals surface area contributed by atoms with Gasteiger partial charge in [0.2, 0.25) is 11.8 Å². The average molecular weight is 304 g/mol. The number of nitrogens with one attached hydrogen (secondary N) is 1. The molecule has 1 aliphatic rings. The Hall–Kier alpha value is -2.04. The third kappa shape index (κ3) is 3.59. The molecule has 0 aromatic heterocycles. The summed E-state index contributed by atoms with van der Waals surface area (Å²) in [4.78, 5) is 25.8. The molecule has 0 bridgehead atoms. The van der Waals surface area contributed by atoms with Gasteiger partial charge in [-0.3, -0.25) is 9.59 Å². The Labute approximate surface area is 131 Å². The van der Waals surface area contributed by atoms with Crippen molar-refractivity contribution in [3.8, 4) is 5.75 Å². The lowest BCUT2D eigenvalue weighted by Gasteiger charge is -2.34. The van der Waals surface area contributed by atoms with Crippen LogP contribution in [0, 0.1) is 13.8 Å². The minimum atomic E-state index is -0.345. The van der Waals surface area contributed by atoms with Crippen molar-refractivity contribution < 1.29 is 14.3 Å². The summed E-state index contributed by atoms with van der Waals surface area (Å²) in [5.41, 5.74) is 2.27. The summed E-state index contributed by atoms with van der Waals surface area (Å²) in [6, 6.07) is 5.55. The summed E-state index contributed by atoms with van der Waals surface area (Å²) in [5.74, 6) is 0.737. The Morgan fingerprint density at radius 2 is 2.18 bits per heavy atom. The fourth-order valence-corrected chi connectivity index (χ4v) is 2.69. The van der Waals surface area contributed by atoms with Gasteiger partial charge in [0, 0.05) is 13.1 Å². The van der Waals surface area contributed by atoms with E-state index in [0.29, 0.717) is 26.1 Å². The molecule has 1 atom stereocenters. The molecule has 1 heterocycles. The number of amides is 2. The zero-order valence-electron chi connectivity index (χ0n) is 13.5. The van der Waals surface area contributed by atoms with Crippen molar-refractivity contribution in [1.29, 1.82) is 0 Å². The number of benzene rings is 1. The lowest BCUT2D eigenvalue weighted by Crippen LogP contribution is -2.57. The van der Waals surface area contributed by atoms with Crippen molar-refractivity contribution in [3.63, 3.8) is 0 Å². The number of piperazine rings is 1. The number of nitrogens with zero attached hydrogens (tertiary/aromatic N) is 1. The second kappa shape index (κ2) is 7.29. The monoisotopic (exact) mass is 304 g/mol. The molecule has 1 unspecified atom stereocenters. The first-order valence-corrected chi connectivity index (χ1v) is 7.80. The number of hydrogen-bond acceptors (Lipinski definition) is 3. The van der Waals surface area contributed by atoms with Crippen LogP contribution in [0.4, 0.5) is 0 Å². The molecule has 1 aromatic rings. The zero-order valence-corrected chi connectivity index (χ0v) is 13.5. The summed E-state index contributed by atoms with van der Waals surface area (Å²) in [7, 11) is 0. The fourth-order valence-electron chi connectivity index (χ4n) is 2.69. The Kier molecular flexibility index (Phi) is 5.41. The van der Waals surface area contributed by atoms with Crippen molar-refractivity contribution >= 4 is 11.8 Å². The Balaban J connectivity index is 1.89. The smallest absolute Gasteiger partial charge is 0.242 e. The molecular weight excluding hydrogens is 280 g/mol. The van der Waals surface area contributed by atoms with E-state index in [1.165, 1.54) is 5.56 Å². The molecule has 1 aliphatic heterocycles. The molecule has 1 N–H and O–H groups in total. The van der Waals surface area contributed by atoms with E-state index in [1.807, 2.05) is 39.0 Å². The van der Waals surface area contributed by atoms with Crippen molar-refractivity contribution in [2.45, 2.75) is 39.7 Å². The first kappa shape index (κ1) is 16.3. The number of carbonyl (C=O) groups excluding carboxylic acids is 2. The first-order chi connectivity index (χ1) is 10.5. The van der Waals surface area contributed by atoms with Crippen molar-refractivity contribution in [2.75, 3.05) is 19.7 Å². The first-order valence-electron chi connectivity index (χ1n) is 7.80. The van der Waals surface area contributed by atoms with E-state index < -0.39 is 0 Å². The molecule has 5 heteroatoms. The molecule has 22 heavy (non-hydrogen) atoms. The van der Waals surface area contributed by atoms with Gasteiger partial charge in [-0.15, -0.1) is 0 Å². The second-order valence-electron chi connectivity index (χ2n) is 5.60. The minimum Gasteiger partial charge on any atom is -0.493 e. The van der Waals surface area contributed by atoms with E-state index in [-0.39, 0.29) is 24.3 Å². The molecular formula is C17H24N2O3. The van der Waals surface area contributed by atoms with Gasteiger partial charge in [-0.05, 0) is 37.5 Å². The van der Waals surface area contributed by atoms with E-state index >= 15 is 0 Å². The highest BCUT2D eigenvalue weighted by molar-refractivity contribution is 5.88. The Morgan fingerprint density at radius 1 is 1.41 bits per heavy atom. The Bertz CT molecular complexity index is 557. The van der Waals surface area contributed by atoms with Crippen LogP contribution in [0.2, 0.25) is 0 Å². The van der Waals surface area contributed by atoms with E-state index in [1.54, 1.807) is 4.90 Å². The van der Waals surface area contributed by atoms with Gasteiger partial charge in [0.15, 0.2) is 0 Å². The number of aryl methyl sites for hydroxylation is 1. The molecule has 2 rings (SSSR count). The molecule has 1 saturated heterocycles. The second-order valence-corrected chi connectivity index (χ2v) is 5.60. The van der Waals surface area contributed by atoms with Crippen LogP contribution in [0.25, 0.3) is 0 Å². The summed E-state index contributed by atoms with van der Waals surface area (Å²) < 4.78 is 5.73. The standard InChI is InChI=1S/C17H24N2O3/c1-4-14-17(21)18-9-10-19(14)16(20)8-11-22-15-7-5-6-12(2)13(15)3/h5-7,14H,4,8-11H2,1-3H3,(H,18,21). The van der Waals surface area contributed by atoms with E-state index in [0.717, 1.165) is 11.3 Å². The molecule has 0 aliphatic carbocycles. The molecule has 0 radical (unpaired) electrons. The van der Waals surface area contributed by atoms with Crippen LogP contribution < -0.4 is 10.1 Å². The van der Waals surface area contributed by atoms with Gasteiger partial charge in [0.05, 0.1) is 13.0 Å². The molecule has 1 fully saturated rings. The molecule has 0 spiro atoms. The molecule has 120 valence electrons. The number of rotatable bonds is 5. The predicted octanol–water partition coefficient (Wildman–Crippen LogP) is 1.81. The third-order valence-electron chi connectivity index (χ3n) is 4.17. The summed E-state index contributed by atoms with van der Waals surface area (Å²) in [6.45, 7) is 7.39. The lowest BCUT2D eigenvalue weighted by atomic mass is 10.1. The van der Waals surface area contributed by atoms with Crippen LogP contribution in [0.5, 0.6) is 5.75 Å². The normalized spacial score (nSPS) is 18.0. The highest BCUT2D eigenvalue weighted by Gasteiger charge is 2.31. The van der Waals surface area contributed by atoms with Crippen LogP contribution in [0.15, 0.2) is 18.2 Å². The summed E-state index contributed by atoms with van der Waals surface area (Å²) >= 11 is 0. The van der Waals surface area contributed by atoms with Gasteiger partial charge >= 0.3 is 0 Å². The van der Waals surface area contributed by atoms with E-state index in [2.05, 4.69) is 5.32 Å². The van der Waals surface area contributed by atoms with Crippen LogP contribution in [0.3, 0.4) is 0 Å². The molecule has 2 amide bonds. The fraction of sp³-hybridized carbons (Fsp3) is 0.529. The topological polar surface area (TPSA) is 58.6 Å². The summed E-state index contributed by atoms with van der Waals surface area (Å²) in [6.07, 6.45) is 0.923. The van der Waals surface area contributed by atoms with Gasteiger partial charge in [0.1, 0.15) is 11.8 Å². The lowest BCUT2D eigenvalue weighted by molar-refractivity contribution is -0.143. The molecule has 1 aromatic carbocycles. The van der Waals surface area contributed by atoms with Gasteiger partial charge in [-0.1, -0.05) is 19.1 Å². The highest BCUT2D eigenvalue weighted by atomic mass is 16.5. The van der Waals surface area contributed by atoms with Crippen molar-refractivity contribution in [3.05, 3.63) is 29.3 Å². The van der Waals surface area contributed by atoms with Crippen LogP contribution in [-0.4, -0.2) is 42.5 Å². The van der Waals surface area contributed by atoms with Gasteiger partial charge in [-0.2, -0.15) is 0 Å². The zero-order chi connectivity index (χ0) is 16.1. The maximum absolute atomic E-state index is 12.3. The van der Waals surface area contributed by atoms with Crippen LogP contribution in [-0.2, 0) is 9.59 Å². The maximum Gasteiger partial charge on any atom is 0.242 e. The van der Waals surface area contributed by atoms with Gasteiger partial charge in [-0.25, -0.2) is 0 Å². The molecule has 0 saturated carbocycles. The van der Waals surface area contributed by atoms with Crippen molar-refractivity contribution in [2.24, 2.45) is 0 Å². The van der Waals surface area contributed by atoms with Crippen LogP contribution >= 0.6 is 0 Å². The summed E-state index contributed by atoms with van der Waals surface area (Å²) in [5, 5.41) is 2.80. The number of carbonyl (C=O) groups is 2. The SMILES string of the molecule is CCC1C(=O)NCCN1C(=O)CCOc1cccc(C)c1C. The van der Waals surface area contributed by atoms with Gasteiger partial charge < -0.3 is 15.0 Å². The third-order valence-corrected chi connectivity index (χ3v) is 4.17. The Morgan fingerprint density at radius 3 is 2.91 bits per heavy atom. The van der Waals surface area contributed by atoms with Gasteiger partial charge in [0.25, 0.3) is 0 Å². The largest absolute Gasteiger partial charge is 0.493 e. The average Bonchev–Trinajstić information content (AvgIpc) is 2.51. The maximum atomic E-state index is 12.3. The van der Waals surface area contributed by atoms with Crippen molar-refractivity contribution in [1.82, 2.24) is 10.2 Å². The van der Waals surface area contributed by atoms with Crippen LogP contribution in [0.1, 0.15) is 30.9 Å². The van der Waals surface area contributed by atoms with E-state index in [4.69, 9.17) is 4.74 Å². The number of hydrogen-bond donors (Lipinski definition) is 1.